The Morgan fingerprint density at radius 2 is 2.05 bits per heavy atom. The van der Waals surface area contributed by atoms with E-state index in [1.807, 2.05) is 30.3 Å². The van der Waals surface area contributed by atoms with E-state index in [4.69, 9.17) is 4.74 Å². The van der Waals surface area contributed by atoms with Gasteiger partial charge in [0, 0.05) is 43.3 Å². The summed E-state index contributed by atoms with van der Waals surface area (Å²) in [6, 6.07) is 9.48. The zero-order valence-corrected chi connectivity index (χ0v) is 12.1. The van der Waals surface area contributed by atoms with Crippen molar-refractivity contribution in [3.63, 3.8) is 0 Å². The van der Waals surface area contributed by atoms with E-state index in [9.17, 15) is 4.79 Å². The van der Waals surface area contributed by atoms with Crippen LogP contribution in [-0.4, -0.2) is 49.1 Å². The second-order valence-corrected chi connectivity index (χ2v) is 5.13. The number of ether oxygens (including phenoxy) is 1. The van der Waals surface area contributed by atoms with Gasteiger partial charge in [0.1, 0.15) is 6.04 Å². The Labute approximate surface area is 123 Å². The molecule has 0 amide bonds. The summed E-state index contributed by atoms with van der Waals surface area (Å²) in [6.07, 6.45) is 1.76. The molecule has 0 spiro atoms. The summed E-state index contributed by atoms with van der Waals surface area (Å²) in [5, 5.41) is 4.35. The molecule has 3 rings (SSSR count). The lowest BCUT2D eigenvalue weighted by atomic mass is 10.0. The molecule has 0 bridgehead atoms. The maximum atomic E-state index is 12.3. The van der Waals surface area contributed by atoms with Crippen molar-refractivity contribution in [2.75, 3.05) is 33.3 Å². The minimum atomic E-state index is -0.393. The molecule has 1 atom stereocenters. The topological polar surface area (TPSA) is 54.5 Å². The van der Waals surface area contributed by atoms with Gasteiger partial charge in [-0.15, -0.1) is 0 Å². The van der Waals surface area contributed by atoms with Crippen LogP contribution in [0.3, 0.4) is 0 Å². The monoisotopic (exact) mass is 285 g/mol. The number of hydrogen-bond donors (Lipinski definition) is 1. The van der Waals surface area contributed by atoms with Crippen molar-refractivity contribution in [1.82, 2.24) is 15.2 Å². The molecule has 5 heteroatoms. The second-order valence-electron chi connectivity index (χ2n) is 5.13. The zero-order chi connectivity index (χ0) is 14.7. The highest BCUT2D eigenvalue weighted by Crippen LogP contribution is 2.28. The molecule has 2 heterocycles. The van der Waals surface area contributed by atoms with Crippen LogP contribution in [0, 0.1) is 0 Å². The number of piperazine rings is 1. The predicted octanol–water partition coefficient (Wildman–Crippen LogP) is 1.35. The molecule has 0 radical (unpaired) electrons. The lowest BCUT2D eigenvalue weighted by molar-refractivity contribution is -0.147. The van der Waals surface area contributed by atoms with Crippen LogP contribution in [0.5, 0.6) is 0 Å². The number of nitrogens with one attached hydrogen (secondary N) is 1. The number of carbonyl (C=O) groups excluding carboxylic acids is 1. The molecule has 0 saturated carbocycles. The van der Waals surface area contributed by atoms with Gasteiger partial charge in [0.25, 0.3) is 0 Å². The summed E-state index contributed by atoms with van der Waals surface area (Å²) in [7, 11) is 1.44. The van der Waals surface area contributed by atoms with Crippen LogP contribution < -0.4 is 5.32 Å². The lowest BCUT2D eigenvalue weighted by Crippen LogP contribution is -2.47. The average molecular weight is 285 g/mol. The van der Waals surface area contributed by atoms with Gasteiger partial charge in [-0.3, -0.25) is 9.88 Å². The first-order valence-corrected chi connectivity index (χ1v) is 7.17. The van der Waals surface area contributed by atoms with Crippen molar-refractivity contribution in [2.24, 2.45) is 0 Å². The summed E-state index contributed by atoms with van der Waals surface area (Å²) in [5.41, 5.74) is 1.79. The van der Waals surface area contributed by atoms with Crippen LogP contribution in [-0.2, 0) is 9.53 Å². The first-order chi connectivity index (χ1) is 10.3. The minimum absolute atomic E-state index is 0.227. The van der Waals surface area contributed by atoms with Crippen molar-refractivity contribution in [2.45, 2.75) is 6.04 Å². The molecular formula is C16H19N3O2. The van der Waals surface area contributed by atoms with Gasteiger partial charge in [0.05, 0.1) is 12.6 Å². The molecule has 1 unspecified atom stereocenters. The standard InChI is InChI=1S/C16H19N3O2/c1-21-16(20)15(19-10-8-17-9-11-19)13-6-2-4-12-5-3-7-18-14(12)13/h2-7,15,17H,8-11H2,1H3. The summed E-state index contributed by atoms with van der Waals surface area (Å²) in [5.74, 6) is -0.227. The van der Waals surface area contributed by atoms with E-state index in [0.717, 1.165) is 42.6 Å². The van der Waals surface area contributed by atoms with Gasteiger partial charge in [-0.2, -0.15) is 0 Å². The number of benzene rings is 1. The van der Waals surface area contributed by atoms with Crippen LogP contribution in [0.4, 0.5) is 0 Å². The Morgan fingerprint density at radius 3 is 2.81 bits per heavy atom. The molecule has 1 aromatic carbocycles. The Morgan fingerprint density at radius 1 is 1.29 bits per heavy atom. The van der Waals surface area contributed by atoms with Gasteiger partial charge in [-0.05, 0) is 6.07 Å². The largest absolute Gasteiger partial charge is 0.468 e. The summed E-state index contributed by atoms with van der Waals surface area (Å²) >= 11 is 0. The molecule has 2 aromatic rings. The smallest absolute Gasteiger partial charge is 0.327 e. The van der Waals surface area contributed by atoms with Crippen LogP contribution in [0.15, 0.2) is 36.5 Å². The number of methoxy groups -OCH3 is 1. The van der Waals surface area contributed by atoms with E-state index in [1.165, 1.54) is 7.11 Å². The van der Waals surface area contributed by atoms with Crippen LogP contribution >= 0.6 is 0 Å². The van der Waals surface area contributed by atoms with E-state index in [-0.39, 0.29) is 5.97 Å². The van der Waals surface area contributed by atoms with E-state index in [0.29, 0.717) is 0 Å². The van der Waals surface area contributed by atoms with E-state index in [2.05, 4.69) is 15.2 Å². The highest BCUT2D eigenvalue weighted by atomic mass is 16.5. The van der Waals surface area contributed by atoms with Gasteiger partial charge in [0.2, 0.25) is 0 Å². The number of carbonyl (C=O) groups is 1. The van der Waals surface area contributed by atoms with E-state index < -0.39 is 6.04 Å². The Balaban J connectivity index is 2.07. The number of rotatable bonds is 3. The molecule has 5 nitrogen and oxygen atoms in total. The third-order valence-electron chi connectivity index (χ3n) is 3.90. The number of aromatic nitrogens is 1. The molecule has 1 N–H and O–H groups in total. The lowest BCUT2D eigenvalue weighted by Gasteiger charge is -2.33. The Hall–Kier alpha value is -1.98. The number of nitrogens with zero attached hydrogens (tertiary/aromatic N) is 2. The van der Waals surface area contributed by atoms with Gasteiger partial charge < -0.3 is 10.1 Å². The third-order valence-corrected chi connectivity index (χ3v) is 3.90. The molecule has 1 saturated heterocycles. The molecule has 1 aliphatic rings. The van der Waals surface area contributed by atoms with Crippen molar-refractivity contribution in [3.8, 4) is 0 Å². The fourth-order valence-electron chi connectivity index (χ4n) is 2.87. The normalized spacial score (nSPS) is 17.6. The molecular weight excluding hydrogens is 266 g/mol. The van der Waals surface area contributed by atoms with E-state index in [1.54, 1.807) is 6.20 Å². The fourth-order valence-corrected chi connectivity index (χ4v) is 2.87. The van der Waals surface area contributed by atoms with Crippen LogP contribution in [0.25, 0.3) is 10.9 Å². The number of hydrogen-bond acceptors (Lipinski definition) is 5. The molecule has 0 aliphatic carbocycles. The first-order valence-electron chi connectivity index (χ1n) is 7.17. The maximum absolute atomic E-state index is 12.3. The summed E-state index contributed by atoms with van der Waals surface area (Å²) < 4.78 is 5.04. The predicted molar refractivity (Wildman–Crippen MR) is 80.9 cm³/mol. The molecule has 110 valence electrons. The average Bonchev–Trinajstić information content (AvgIpc) is 2.56. The highest BCUT2D eigenvalue weighted by molar-refractivity contribution is 5.88. The van der Waals surface area contributed by atoms with Gasteiger partial charge in [-0.25, -0.2) is 4.79 Å². The third kappa shape index (κ3) is 2.75. The Kier molecular flexibility index (Phi) is 4.13. The molecule has 1 fully saturated rings. The summed E-state index contributed by atoms with van der Waals surface area (Å²) in [4.78, 5) is 19.0. The molecule has 1 aliphatic heterocycles. The Bertz CT molecular complexity index is 633. The van der Waals surface area contributed by atoms with Crippen molar-refractivity contribution in [3.05, 3.63) is 42.1 Å². The fraction of sp³-hybridized carbons (Fsp3) is 0.375. The van der Waals surface area contributed by atoms with Gasteiger partial charge >= 0.3 is 5.97 Å². The SMILES string of the molecule is COC(=O)C(c1cccc2cccnc12)N1CCNCC1. The van der Waals surface area contributed by atoms with Crippen molar-refractivity contribution < 1.29 is 9.53 Å². The molecule has 21 heavy (non-hydrogen) atoms. The minimum Gasteiger partial charge on any atom is -0.468 e. The van der Waals surface area contributed by atoms with Crippen molar-refractivity contribution >= 4 is 16.9 Å². The van der Waals surface area contributed by atoms with Crippen molar-refractivity contribution in [1.29, 1.82) is 0 Å². The number of fused-ring (bicyclic) bond motifs is 1. The quantitative estimate of drug-likeness (QED) is 0.863. The second kappa shape index (κ2) is 6.20. The van der Waals surface area contributed by atoms with E-state index >= 15 is 0 Å². The highest BCUT2D eigenvalue weighted by Gasteiger charge is 2.31. The van der Waals surface area contributed by atoms with Crippen LogP contribution in [0.2, 0.25) is 0 Å². The first kappa shape index (κ1) is 14.0. The van der Waals surface area contributed by atoms with Gasteiger partial charge in [-0.1, -0.05) is 24.3 Å². The van der Waals surface area contributed by atoms with Gasteiger partial charge in [0.15, 0.2) is 0 Å². The number of para-hydroxylation sites is 1. The maximum Gasteiger partial charge on any atom is 0.327 e. The number of esters is 1. The van der Waals surface area contributed by atoms with Crippen LogP contribution in [0.1, 0.15) is 11.6 Å². The summed E-state index contributed by atoms with van der Waals surface area (Å²) in [6.45, 7) is 3.41. The molecule has 1 aromatic heterocycles. The number of pyridine rings is 1. The zero-order valence-electron chi connectivity index (χ0n) is 12.1.